The van der Waals surface area contributed by atoms with Gasteiger partial charge in [-0.15, -0.1) is 0 Å². The molecule has 0 aliphatic heterocycles. The number of nitrogens with zero attached hydrogens (tertiary/aromatic N) is 2. The number of carbonyl (C=O) groups excluding carboxylic acids is 1. The van der Waals surface area contributed by atoms with Crippen molar-refractivity contribution in [1.29, 1.82) is 0 Å². The molecule has 0 amide bonds. The first kappa shape index (κ1) is 15.1. The molecular weight excluding hydrogens is 272 g/mol. The predicted molar refractivity (Wildman–Crippen MR) is 77.3 cm³/mol. The lowest BCUT2D eigenvalue weighted by atomic mass is 10.1. The summed E-state index contributed by atoms with van der Waals surface area (Å²) < 4.78 is 7.78. The van der Waals surface area contributed by atoms with Gasteiger partial charge >= 0.3 is 11.7 Å². The molecule has 1 aromatic heterocycles. The fourth-order valence-electron chi connectivity index (χ4n) is 2.21. The Balaban J connectivity index is 2.43. The zero-order chi connectivity index (χ0) is 15.6. The summed E-state index contributed by atoms with van der Waals surface area (Å²) in [5, 5.41) is 9.97. The third-order valence-electron chi connectivity index (χ3n) is 3.18. The summed E-state index contributed by atoms with van der Waals surface area (Å²) in [6, 6.07) is 6.66. The lowest BCUT2D eigenvalue weighted by Crippen LogP contribution is -2.22. The van der Waals surface area contributed by atoms with E-state index in [1.54, 1.807) is 44.4 Å². The standard InChI is InChI=1S/C15H18N2O4/c1-4-21-14(19)13(18)11-6-5-7-12(8-11)17-10(2)9-16(3)15(17)20/h5-9,13,18H,4H2,1-3H3. The highest BCUT2D eigenvalue weighted by Crippen LogP contribution is 2.18. The number of esters is 1. The number of aryl methyl sites for hydroxylation is 2. The number of carbonyl (C=O) groups is 1. The predicted octanol–water partition coefficient (Wildman–Crippen LogP) is 1.08. The Morgan fingerprint density at radius 1 is 1.43 bits per heavy atom. The van der Waals surface area contributed by atoms with Gasteiger partial charge in [-0.1, -0.05) is 12.1 Å². The number of rotatable bonds is 4. The fraction of sp³-hybridized carbons (Fsp3) is 0.333. The highest BCUT2D eigenvalue weighted by molar-refractivity contribution is 5.76. The minimum atomic E-state index is -1.36. The molecule has 6 heteroatoms. The molecule has 0 fully saturated rings. The molecule has 0 saturated heterocycles. The summed E-state index contributed by atoms with van der Waals surface area (Å²) >= 11 is 0. The van der Waals surface area contributed by atoms with Gasteiger partial charge in [-0.05, 0) is 31.5 Å². The molecular formula is C15H18N2O4. The highest BCUT2D eigenvalue weighted by atomic mass is 16.5. The largest absolute Gasteiger partial charge is 0.464 e. The van der Waals surface area contributed by atoms with Gasteiger partial charge in [-0.3, -0.25) is 4.57 Å². The van der Waals surface area contributed by atoms with Crippen LogP contribution in [0.3, 0.4) is 0 Å². The second-order valence-electron chi connectivity index (χ2n) is 4.75. The zero-order valence-corrected chi connectivity index (χ0v) is 12.2. The van der Waals surface area contributed by atoms with E-state index < -0.39 is 12.1 Å². The Kier molecular flexibility index (Phi) is 4.28. The van der Waals surface area contributed by atoms with Crippen LogP contribution in [0.15, 0.2) is 35.3 Å². The third-order valence-corrected chi connectivity index (χ3v) is 3.18. The van der Waals surface area contributed by atoms with Crippen molar-refractivity contribution in [3.05, 3.63) is 52.2 Å². The number of aliphatic hydroxyl groups is 1. The van der Waals surface area contributed by atoms with Crippen LogP contribution in [0.25, 0.3) is 5.69 Å². The molecule has 21 heavy (non-hydrogen) atoms. The Morgan fingerprint density at radius 2 is 2.14 bits per heavy atom. The second-order valence-corrected chi connectivity index (χ2v) is 4.75. The van der Waals surface area contributed by atoms with E-state index in [9.17, 15) is 14.7 Å². The lowest BCUT2D eigenvalue weighted by Gasteiger charge is -2.12. The molecule has 2 rings (SSSR count). The van der Waals surface area contributed by atoms with E-state index in [0.717, 1.165) is 5.69 Å². The first-order valence-electron chi connectivity index (χ1n) is 6.65. The van der Waals surface area contributed by atoms with E-state index in [1.807, 2.05) is 6.92 Å². The maximum Gasteiger partial charge on any atom is 0.339 e. The van der Waals surface area contributed by atoms with E-state index in [0.29, 0.717) is 11.3 Å². The van der Waals surface area contributed by atoms with Gasteiger partial charge in [0.1, 0.15) is 0 Å². The quantitative estimate of drug-likeness (QED) is 0.855. The molecule has 0 radical (unpaired) electrons. The molecule has 1 unspecified atom stereocenters. The van der Waals surface area contributed by atoms with Crippen LogP contribution >= 0.6 is 0 Å². The molecule has 2 aromatic rings. The number of aliphatic hydroxyl groups excluding tert-OH is 1. The average molecular weight is 290 g/mol. The summed E-state index contributed by atoms with van der Waals surface area (Å²) in [6.07, 6.45) is 0.362. The van der Waals surface area contributed by atoms with Gasteiger partial charge in [0.25, 0.3) is 0 Å². The monoisotopic (exact) mass is 290 g/mol. The smallest absolute Gasteiger partial charge is 0.339 e. The Hall–Kier alpha value is -2.34. The average Bonchev–Trinajstić information content (AvgIpc) is 2.71. The number of hydrogen-bond donors (Lipinski definition) is 1. The maximum atomic E-state index is 12.1. The molecule has 1 N–H and O–H groups in total. The fourth-order valence-corrected chi connectivity index (χ4v) is 2.21. The zero-order valence-electron chi connectivity index (χ0n) is 12.2. The number of imidazole rings is 1. The molecule has 1 atom stereocenters. The number of ether oxygens (including phenoxy) is 1. The van der Waals surface area contributed by atoms with Gasteiger partial charge in [0.15, 0.2) is 6.10 Å². The minimum absolute atomic E-state index is 0.185. The topological polar surface area (TPSA) is 73.5 Å². The van der Waals surface area contributed by atoms with Crippen LogP contribution < -0.4 is 5.69 Å². The summed E-state index contributed by atoms with van der Waals surface area (Å²) in [5.74, 6) is -0.702. The van der Waals surface area contributed by atoms with Crippen LogP contribution in [0.1, 0.15) is 24.3 Å². The lowest BCUT2D eigenvalue weighted by molar-refractivity contribution is -0.153. The summed E-state index contributed by atoms with van der Waals surface area (Å²) in [4.78, 5) is 23.7. The van der Waals surface area contributed by atoms with Crippen LogP contribution in [0.2, 0.25) is 0 Å². The van der Waals surface area contributed by atoms with Crippen molar-refractivity contribution in [2.75, 3.05) is 6.61 Å². The molecule has 0 bridgehead atoms. The molecule has 0 saturated carbocycles. The third kappa shape index (κ3) is 2.90. The van der Waals surface area contributed by atoms with Crippen molar-refractivity contribution in [1.82, 2.24) is 9.13 Å². The van der Waals surface area contributed by atoms with Crippen molar-refractivity contribution in [3.63, 3.8) is 0 Å². The molecule has 1 aromatic carbocycles. The molecule has 0 spiro atoms. The number of hydrogen-bond acceptors (Lipinski definition) is 4. The molecule has 6 nitrogen and oxygen atoms in total. The normalized spacial score (nSPS) is 12.2. The van der Waals surface area contributed by atoms with Gasteiger partial charge in [0.2, 0.25) is 0 Å². The molecule has 0 aliphatic carbocycles. The van der Waals surface area contributed by atoms with E-state index in [1.165, 1.54) is 9.13 Å². The van der Waals surface area contributed by atoms with Crippen LogP contribution in [0.5, 0.6) is 0 Å². The highest BCUT2D eigenvalue weighted by Gasteiger charge is 2.19. The molecule has 112 valence electrons. The first-order chi connectivity index (χ1) is 9.95. The van der Waals surface area contributed by atoms with Crippen molar-refractivity contribution < 1.29 is 14.6 Å². The van der Waals surface area contributed by atoms with E-state index in [2.05, 4.69) is 0 Å². The molecule has 1 heterocycles. The number of aromatic nitrogens is 2. The van der Waals surface area contributed by atoms with Crippen LogP contribution in [-0.2, 0) is 16.6 Å². The summed E-state index contributed by atoms with van der Waals surface area (Å²) in [6.45, 7) is 3.69. The first-order valence-corrected chi connectivity index (χ1v) is 6.65. The van der Waals surface area contributed by atoms with Crippen molar-refractivity contribution >= 4 is 5.97 Å². The van der Waals surface area contributed by atoms with E-state index >= 15 is 0 Å². The van der Waals surface area contributed by atoms with E-state index in [-0.39, 0.29) is 12.3 Å². The summed E-state index contributed by atoms with van der Waals surface area (Å²) in [5.41, 5.74) is 1.57. The second kappa shape index (κ2) is 5.97. The van der Waals surface area contributed by atoms with E-state index in [4.69, 9.17) is 4.74 Å². The molecule has 0 aliphatic rings. The minimum Gasteiger partial charge on any atom is -0.464 e. The Bertz CT molecular complexity index is 715. The SMILES string of the molecule is CCOC(=O)C(O)c1cccc(-n2c(C)cn(C)c2=O)c1. The van der Waals surface area contributed by atoms with Crippen LogP contribution in [0.4, 0.5) is 0 Å². The summed E-state index contributed by atoms with van der Waals surface area (Å²) in [7, 11) is 1.67. The Morgan fingerprint density at radius 3 is 2.71 bits per heavy atom. The van der Waals surface area contributed by atoms with Crippen LogP contribution in [0, 0.1) is 6.92 Å². The van der Waals surface area contributed by atoms with Crippen molar-refractivity contribution in [3.8, 4) is 5.69 Å². The van der Waals surface area contributed by atoms with Crippen LogP contribution in [-0.4, -0.2) is 26.8 Å². The maximum absolute atomic E-state index is 12.1. The van der Waals surface area contributed by atoms with Crippen molar-refractivity contribution in [2.24, 2.45) is 7.05 Å². The number of benzene rings is 1. The van der Waals surface area contributed by atoms with Gasteiger partial charge in [-0.2, -0.15) is 0 Å². The van der Waals surface area contributed by atoms with Gasteiger partial charge in [-0.25, -0.2) is 9.59 Å². The van der Waals surface area contributed by atoms with Gasteiger partial charge < -0.3 is 14.4 Å². The van der Waals surface area contributed by atoms with Crippen molar-refractivity contribution in [2.45, 2.75) is 20.0 Å². The van der Waals surface area contributed by atoms with Gasteiger partial charge in [0.05, 0.1) is 12.3 Å². The van der Waals surface area contributed by atoms with Gasteiger partial charge in [0, 0.05) is 18.9 Å². The Labute approximate surface area is 122 Å².